The number of carbonyl (C=O) groups excluding carboxylic acids is 2. The third kappa shape index (κ3) is 4.15. The first-order valence-electron chi connectivity index (χ1n) is 12.1. The predicted molar refractivity (Wildman–Crippen MR) is 126 cm³/mol. The largest absolute Gasteiger partial charge is 0.463 e. The topological polar surface area (TPSA) is 67.5 Å². The van der Waals surface area contributed by atoms with Crippen molar-refractivity contribution in [3.05, 3.63) is 71.9 Å². The highest BCUT2D eigenvalue weighted by Gasteiger charge is 2.48. The fourth-order valence-corrected chi connectivity index (χ4v) is 5.20. The zero-order chi connectivity index (χ0) is 23.7. The summed E-state index contributed by atoms with van der Waals surface area (Å²) < 4.78 is 21.0. The molecule has 3 aromatic rings. The van der Waals surface area contributed by atoms with Crippen LogP contribution < -0.4 is 5.32 Å². The third-order valence-electron chi connectivity index (χ3n) is 7.21. The molecule has 0 saturated heterocycles. The van der Waals surface area contributed by atoms with E-state index in [4.69, 9.17) is 4.42 Å². The molecule has 0 unspecified atom stereocenters. The van der Waals surface area contributed by atoms with Crippen LogP contribution in [0.3, 0.4) is 0 Å². The van der Waals surface area contributed by atoms with Crippen LogP contribution in [0.4, 0.5) is 4.39 Å². The molecule has 1 fully saturated rings. The molecule has 3 heterocycles. The van der Waals surface area contributed by atoms with Crippen LogP contribution in [0.25, 0.3) is 11.5 Å². The van der Waals surface area contributed by atoms with Crippen LogP contribution in [0.1, 0.15) is 61.5 Å². The van der Waals surface area contributed by atoms with Gasteiger partial charge >= 0.3 is 0 Å². The number of amides is 2. The van der Waals surface area contributed by atoms with Gasteiger partial charge in [0.25, 0.3) is 5.91 Å². The number of carbonyl (C=O) groups is 2. The number of fused-ring (bicyclic) bond motifs is 1. The van der Waals surface area contributed by atoms with E-state index in [1.807, 2.05) is 23.6 Å². The van der Waals surface area contributed by atoms with Crippen molar-refractivity contribution < 1.29 is 18.4 Å². The fourth-order valence-electron chi connectivity index (χ4n) is 5.20. The number of nitrogens with zero attached hydrogens (tertiary/aromatic N) is 2. The molecule has 0 bridgehead atoms. The minimum absolute atomic E-state index is 0.116. The number of hydrogen-bond acceptors (Lipinski definition) is 3. The van der Waals surface area contributed by atoms with Gasteiger partial charge in [-0.25, -0.2) is 4.39 Å². The van der Waals surface area contributed by atoms with Crippen molar-refractivity contribution in [2.75, 3.05) is 0 Å². The van der Waals surface area contributed by atoms with E-state index in [-0.39, 0.29) is 30.2 Å². The molecule has 1 aliphatic heterocycles. The molecule has 2 amide bonds. The normalized spacial score (nSPS) is 21.2. The average Bonchev–Trinajstić information content (AvgIpc) is 3.43. The van der Waals surface area contributed by atoms with E-state index in [2.05, 4.69) is 5.32 Å². The summed E-state index contributed by atoms with van der Waals surface area (Å²) in [6.45, 7) is 2.35. The quantitative estimate of drug-likeness (QED) is 0.533. The number of halogens is 1. The molecule has 2 aromatic heterocycles. The number of aromatic nitrogens is 1. The Hall–Kier alpha value is -3.35. The van der Waals surface area contributed by atoms with Gasteiger partial charge in [-0.2, -0.15) is 0 Å². The van der Waals surface area contributed by atoms with Crippen LogP contribution in [0.2, 0.25) is 0 Å². The van der Waals surface area contributed by atoms with Gasteiger partial charge in [-0.1, -0.05) is 37.8 Å². The Morgan fingerprint density at radius 3 is 2.44 bits per heavy atom. The van der Waals surface area contributed by atoms with Gasteiger partial charge in [0, 0.05) is 12.6 Å². The Labute approximate surface area is 198 Å². The van der Waals surface area contributed by atoms with Gasteiger partial charge in [0.05, 0.1) is 18.5 Å². The van der Waals surface area contributed by atoms with Crippen molar-refractivity contribution in [2.45, 2.75) is 70.1 Å². The van der Waals surface area contributed by atoms with Gasteiger partial charge in [-0.05, 0) is 61.7 Å². The maximum absolute atomic E-state index is 13.8. The van der Waals surface area contributed by atoms with E-state index in [1.54, 1.807) is 35.4 Å². The predicted octanol–water partition coefficient (Wildman–Crippen LogP) is 5.14. The van der Waals surface area contributed by atoms with Crippen LogP contribution in [0.5, 0.6) is 0 Å². The number of nitrogens with one attached hydrogen (secondary N) is 1. The molecule has 7 heteroatoms. The molecule has 1 aliphatic carbocycles. The lowest BCUT2D eigenvalue weighted by molar-refractivity contribution is -0.134. The molecular formula is C27H30FN3O3. The Bertz CT molecular complexity index is 1160. The van der Waals surface area contributed by atoms with Gasteiger partial charge in [0.1, 0.15) is 22.8 Å². The summed E-state index contributed by atoms with van der Waals surface area (Å²) >= 11 is 0. The van der Waals surface area contributed by atoms with Gasteiger partial charge in [-0.3, -0.25) is 9.59 Å². The second-order valence-corrected chi connectivity index (χ2v) is 9.62. The number of benzene rings is 1. The first-order valence-corrected chi connectivity index (χ1v) is 12.1. The van der Waals surface area contributed by atoms with Crippen LogP contribution in [-0.2, 0) is 17.9 Å². The van der Waals surface area contributed by atoms with Crippen molar-refractivity contribution in [1.82, 2.24) is 14.8 Å². The lowest BCUT2D eigenvalue weighted by Gasteiger charge is -2.45. The second-order valence-electron chi connectivity index (χ2n) is 9.62. The minimum Gasteiger partial charge on any atom is -0.463 e. The van der Waals surface area contributed by atoms with Crippen molar-refractivity contribution in [3.63, 3.8) is 0 Å². The summed E-state index contributed by atoms with van der Waals surface area (Å²) in [5.41, 5.74) is 0.927. The zero-order valence-corrected chi connectivity index (χ0v) is 19.4. The van der Waals surface area contributed by atoms with Crippen molar-refractivity contribution in [1.29, 1.82) is 0 Å². The zero-order valence-electron chi connectivity index (χ0n) is 19.4. The second kappa shape index (κ2) is 9.12. The Morgan fingerprint density at radius 1 is 1.06 bits per heavy atom. The molecule has 178 valence electrons. The summed E-state index contributed by atoms with van der Waals surface area (Å²) in [5.74, 6) is -0.0661. The molecule has 6 nitrogen and oxygen atoms in total. The van der Waals surface area contributed by atoms with E-state index in [0.717, 1.165) is 36.9 Å². The molecule has 2 aliphatic rings. The van der Waals surface area contributed by atoms with Crippen LogP contribution >= 0.6 is 0 Å². The van der Waals surface area contributed by atoms with E-state index < -0.39 is 5.54 Å². The van der Waals surface area contributed by atoms with Gasteiger partial charge in [0.15, 0.2) is 0 Å². The number of rotatable bonds is 5. The van der Waals surface area contributed by atoms with E-state index in [0.29, 0.717) is 18.0 Å². The first kappa shape index (κ1) is 22.4. The smallest absolute Gasteiger partial charge is 0.271 e. The van der Waals surface area contributed by atoms with Crippen molar-refractivity contribution in [2.24, 2.45) is 0 Å². The molecular weight excluding hydrogens is 433 g/mol. The summed E-state index contributed by atoms with van der Waals surface area (Å²) in [7, 11) is 0. The van der Waals surface area contributed by atoms with E-state index in [1.165, 1.54) is 25.0 Å². The van der Waals surface area contributed by atoms with Crippen LogP contribution in [0, 0.1) is 5.82 Å². The SMILES string of the molecule is C[C@@]1(C(=O)NC2CCCCCC2)Cn2c(ccc2-c2ccco2)C(=O)N1Cc1ccc(F)cc1. The lowest BCUT2D eigenvalue weighted by atomic mass is 9.92. The maximum Gasteiger partial charge on any atom is 0.271 e. The van der Waals surface area contributed by atoms with Crippen LogP contribution in [0.15, 0.2) is 59.2 Å². The molecule has 1 saturated carbocycles. The van der Waals surface area contributed by atoms with Crippen molar-refractivity contribution in [3.8, 4) is 11.5 Å². The molecule has 1 N–H and O–H groups in total. The minimum atomic E-state index is -1.12. The lowest BCUT2D eigenvalue weighted by Crippen LogP contribution is -2.64. The molecule has 34 heavy (non-hydrogen) atoms. The molecule has 0 radical (unpaired) electrons. The van der Waals surface area contributed by atoms with Gasteiger partial charge in [-0.15, -0.1) is 0 Å². The summed E-state index contributed by atoms with van der Waals surface area (Å²) in [5, 5.41) is 3.26. The average molecular weight is 464 g/mol. The third-order valence-corrected chi connectivity index (χ3v) is 7.21. The van der Waals surface area contributed by atoms with Gasteiger partial charge < -0.3 is 19.2 Å². The summed E-state index contributed by atoms with van der Waals surface area (Å²) in [6.07, 6.45) is 8.10. The highest BCUT2D eigenvalue weighted by molar-refractivity contribution is 6.00. The van der Waals surface area contributed by atoms with E-state index in [9.17, 15) is 14.0 Å². The molecule has 5 rings (SSSR count). The highest BCUT2D eigenvalue weighted by Crippen LogP contribution is 2.34. The molecule has 0 spiro atoms. The Kier molecular flexibility index (Phi) is 6.02. The van der Waals surface area contributed by atoms with Gasteiger partial charge in [0.2, 0.25) is 5.91 Å². The van der Waals surface area contributed by atoms with Crippen molar-refractivity contribution >= 4 is 11.8 Å². The number of furan rings is 1. The molecule has 1 atom stereocenters. The standard InChI is InChI=1S/C27H30FN3O3/c1-27(26(33)29-21-7-4-2-3-5-8-21)18-30-22(24-9-6-16-34-24)14-15-23(30)25(32)31(27)17-19-10-12-20(28)13-11-19/h6,9-16,21H,2-5,7-8,17-18H2,1H3,(H,29,33)/t27-/m0/s1. The fraction of sp³-hybridized carbons (Fsp3) is 0.407. The summed E-state index contributed by atoms with van der Waals surface area (Å²) in [6, 6.07) is 13.5. The maximum atomic E-state index is 13.8. The first-order chi connectivity index (χ1) is 16.5. The summed E-state index contributed by atoms with van der Waals surface area (Å²) in [4.78, 5) is 29.2. The number of hydrogen-bond donors (Lipinski definition) is 1. The Morgan fingerprint density at radius 2 is 1.76 bits per heavy atom. The van der Waals surface area contributed by atoms with E-state index >= 15 is 0 Å². The Balaban J connectivity index is 1.51. The highest BCUT2D eigenvalue weighted by atomic mass is 19.1. The van der Waals surface area contributed by atoms with Crippen LogP contribution in [-0.4, -0.2) is 32.9 Å². The monoisotopic (exact) mass is 463 g/mol. The molecule has 1 aromatic carbocycles.